The minimum absolute atomic E-state index is 0.0809. The Labute approximate surface area is 87.0 Å². The Morgan fingerprint density at radius 2 is 2.43 bits per heavy atom. The second-order valence-corrected chi connectivity index (χ2v) is 4.35. The molecule has 0 fully saturated rings. The first-order valence-corrected chi connectivity index (χ1v) is 5.59. The summed E-state index contributed by atoms with van der Waals surface area (Å²) in [6.07, 6.45) is 5.66. The lowest BCUT2D eigenvalue weighted by molar-refractivity contribution is 0.636. The van der Waals surface area contributed by atoms with Crippen LogP contribution in [0.5, 0.6) is 0 Å². The molecule has 0 aliphatic heterocycles. The second kappa shape index (κ2) is 4.02. The maximum atomic E-state index is 6.00. The van der Waals surface area contributed by atoms with E-state index in [1.807, 2.05) is 6.07 Å². The van der Waals surface area contributed by atoms with Gasteiger partial charge in [-0.1, -0.05) is 13.3 Å². The molecular formula is C10H13N3S. The van der Waals surface area contributed by atoms with E-state index in [1.54, 1.807) is 23.7 Å². The van der Waals surface area contributed by atoms with Gasteiger partial charge in [-0.15, -0.1) is 11.3 Å². The van der Waals surface area contributed by atoms with Gasteiger partial charge in [-0.25, -0.2) is 4.98 Å². The molecular weight excluding hydrogens is 194 g/mol. The molecule has 0 spiro atoms. The van der Waals surface area contributed by atoms with Crippen molar-refractivity contribution in [3.63, 3.8) is 0 Å². The topological polar surface area (TPSA) is 51.8 Å². The molecule has 0 aromatic carbocycles. The molecule has 2 heterocycles. The van der Waals surface area contributed by atoms with Crippen molar-refractivity contribution in [2.75, 3.05) is 0 Å². The first-order valence-electron chi connectivity index (χ1n) is 4.77. The van der Waals surface area contributed by atoms with Gasteiger partial charge in [-0.2, -0.15) is 0 Å². The number of fused-ring (bicyclic) bond motifs is 1. The molecule has 4 heteroatoms. The lowest BCUT2D eigenvalue weighted by atomic mass is 10.2. The van der Waals surface area contributed by atoms with Crippen molar-refractivity contribution in [1.29, 1.82) is 0 Å². The van der Waals surface area contributed by atoms with Crippen LogP contribution in [0.3, 0.4) is 0 Å². The fourth-order valence-electron chi connectivity index (χ4n) is 1.39. The van der Waals surface area contributed by atoms with E-state index in [0.29, 0.717) is 0 Å². The smallest absolute Gasteiger partial charge is 0.111 e. The zero-order valence-electron chi connectivity index (χ0n) is 8.10. The van der Waals surface area contributed by atoms with Gasteiger partial charge in [-0.05, 0) is 12.5 Å². The number of thiazole rings is 1. The van der Waals surface area contributed by atoms with Gasteiger partial charge in [-0.3, -0.25) is 4.98 Å². The number of nitrogens with two attached hydrogens (primary N) is 1. The molecule has 1 atom stereocenters. The van der Waals surface area contributed by atoms with Crippen LogP contribution in [0, 0.1) is 0 Å². The molecule has 0 aliphatic rings. The molecule has 1 unspecified atom stereocenters. The van der Waals surface area contributed by atoms with Gasteiger partial charge < -0.3 is 5.73 Å². The SMILES string of the molecule is CCCC(N)c1nc2cnccc2s1. The number of aromatic nitrogens is 2. The van der Waals surface area contributed by atoms with E-state index in [-0.39, 0.29) is 6.04 Å². The number of hydrogen-bond acceptors (Lipinski definition) is 4. The first-order chi connectivity index (χ1) is 6.81. The highest BCUT2D eigenvalue weighted by atomic mass is 32.1. The lowest BCUT2D eigenvalue weighted by Crippen LogP contribution is -2.08. The Kier molecular flexibility index (Phi) is 2.74. The predicted octanol–water partition coefficient (Wildman–Crippen LogP) is 2.49. The third kappa shape index (κ3) is 1.76. The maximum Gasteiger partial charge on any atom is 0.111 e. The summed E-state index contributed by atoms with van der Waals surface area (Å²) in [5.41, 5.74) is 6.95. The highest BCUT2D eigenvalue weighted by Gasteiger charge is 2.10. The molecule has 0 aliphatic carbocycles. The summed E-state index contributed by atoms with van der Waals surface area (Å²) in [6.45, 7) is 2.13. The van der Waals surface area contributed by atoms with Gasteiger partial charge in [0.2, 0.25) is 0 Å². The third-order valence-corrected chi connectivity index (χ3v) is 3.29. The Hall–Kier alpha value is -1.00. The van der Waals surface area contributed by atoms with Gasteiger partial charge in [0.15, 0.2) is 0 Å². The highest BCUT2D eigenvalue weighted by molar-refractivity contribution is 7.18. The first kappa shape index (κ1) is 9.55. The van der Waals surface area contributed by atoms with E-state index >= 15 is 0 Å². The molecule has 74 valence electrons. The number of pyridine rings is 1. The summed E-state index contributed by atoms with van der Waals surface area (Å²) in [5, 5.41) is 1.02. The van der Waals surface area contributed by atoms with Crippen LogP contribution in [0.4, 0.5) is 0 Å². The van der Waals surface area contributed by atoms with Crippen LogP contribution in [0.15, 0.2) is 18.5 Å². The van der Waals surface area contributed by atoms with Crippen molar-refractivity contribution in [2.45, 2.75) is 25.8 Å². The summed E-state index contributed by atoms with van der Waals surface area (Å²) in [6, 6.07) is 2.06. The molecule has 2 aromatic rings. The Bertz CT molecular complexity index is 391. The van der Waals surface area contributed by atoms with Gasteiger partial charge in [0, 0.05) is 6.20 Å². The van der Waals surface area contributed by atoms with Crippen molar-refractivity contribution >= 4 is 21.6 Å². The fourth-order valence-corrected chi connectivity index (χ4v) is 2.36. The normalized spacial score (nSPS) is 13.3. The van der Waals surface area contributed by atoms with Gasteiger partial charge >= 0.3 is 0 Å². The number of nitrogens with zero attached hydrogens (tertiary/aromatic N) is 2. The summed E-state index contributed by atoms with van der Waals surface area (Å²) < 4.78 is 1.17. The molecule has 3 nitrogen and oxygen atoms in total. The predicted molar refractivity (Wildman–Crippen MR) is 59.3 cm³/mol. The number of rotatable bonds is 3. The summed E-state index contributed by atoms with van der Waals surface area (Å²) in [5.74, 6) is 0. The third-order valence-electron chi connectivity index (χ3n) is 2.12. The fraction of sp³-hybridized carbons (Fsp3) is 0.400. The number of hydrogen-bond donors (Lipinski definition) is 1. The van der Waals surface area contributed by atoms with Crippen molar-refractivity contribution in [3.8, 4) is 0 Å². The van der Waals surface area contributed by atoms with Crippen molar-refractivity contribution in [2.24, 2.45) is 5.73 Å². The Morgan fingerprint density at radius 1 is 1.57 bits per heavy atom. The maximum absolute atomic E-state index is 6.00. The highest BCUT2D eigenvalue weighted by Crippen LogP contribution is 2.26. The van der Waals surface area contributed by atoms with Crippen molar-refractivity contribution in [1.82, 2.24) is 9.97 Å². The zero-order valence-corrected chi connectivity index (χ0v) is 8.92. The molecule has 2 N–H and O–H groups in total. The van der Waals surface area contributed by atoms with Crippen molar-refractivity contribution in [3.05, 3.63) is 23.5 Å². The molecule has 0 radical (unpaired) electrons. The van der Waals surface area contributed by atoms with Gasteiger partial charge in [0.25, 0.3) is 0 Å². The van der Waals surface area contributed by atoms with Crippen LogP contribution in [0.1, 0.15) is 30.8 Å². The van der Waals surface area contributed by atoms with Crippen LogP contribution in [-0.2, 0) is 0 Å². The quantitative estimate of drug-likeness (QED) is 0.841. The molecule has 0 bridgehead atoms. The summed E-state index contributed by atoms with van der Waals surface area (Å²) in [7, 11) is 0. The summed E-state index contributed by atoms with van der Waals surface area (Å²) >= 11 is 1.67. The van der Waals surface area contributed by atoms with Crippen molar-refractivity contribution < 1.29 is 0 Å². The molecule has 0 amide bonds. The van der Waals surface area contributed by atoms with Gasteiger partial charge in [0.05, 0.1) is 22.5 Å². The average Bonchev–Trinajstić information content (AvgIpc) is 2.61. The van der Waals surface area contributed by atoms with E-state index in [1.165, 1.54) is 4.70 Å². The van der Waals surface area contributed by atoms with Crippen LogP contribution in [0.2, 0.25) is 0 Å². The van der Waals surface area contributed by atoms with Gasteiger partial charge in [0.1, 0.15) is 5.01 Å². The van der Waals surface area contributed by atoms with Crippen LogP contribution < -0.4 is 5.73 Å². The Morgan fingerprint density at radius 3 is 3.14 bits per heavy atom. The standard InChI is InChI=1S/C10H13N3S/c1-2-3-7(11)10-13-8-6-12-5-4-9(8)14-10/h4-7H,2-3,11H2,1H3. The zero-order chi connectivity index (χ0) is 9.97. The minimum Gasteiger partial charge on any atom is -0.322 e. The van der Waals surface area contributed by atoms with Crippen LogP contribution in [0.25, 0.3) is 10.2 Å². The van der Waals surface area contributed by atoms with E-state index in [4.69, 9.17) is 5.73 Å². The molecule has 0 saturated carbocycles. The van der Waals surface area contributed by atoms with E-state index in [0.717, 1.165) is 23.4 Å². The molecule has 2 rings (SSSR count). The molecule has 0 saturated heterocycles. The van der Waals surface area contributed by atoms with E-state index < -0.39 is 0 Å². The van der Waals surface area contributed by atoms with E-state index in [2.05, 4.69) is 16.9 Å². The summed E-state index contributed by atoms with van der Waals surface area (Å²) in [4.78, 5) is 8.50. The Balaban J connectivity index is 2.35. The largest absolute Gasteiger partial charge is 0.322 e. The molecule has 14 heavy (non-hydrogen) atoms. The minimum atomic E-state index is 0.0809. The monoisotopic (exact) mass is 207 g/mol. The van der Waals surface area contributed by atoms with Crippen LogP contribution in [-0.4, -0.2) is 9.97 Å². The second-order valence-electron chi connectivity index (χ2n) is 3.29. The average molecular weight is 207 g/mol. The lowest BCUT2D eigenvalue weighted by Gasteiger charge is -2.04. The molecule has 2 aromatic heterocycles. The van der Waals surface area contributed by atoms with E-state index in [9.17, 15) is 0 Å². The van der Waals surface area contributed by atoms with Crippen LogP contribution >= 0.6 is 11.3 Å².